The molecule has 134 valence electrons. The number of hydrogen-bond acceptors (Lipinski definition) is 5. The first-order valence-corrected chi connectivity index (χ1v) is 12.0. The van der Waals surface area contributed by atoms with Gasteiger partial charge in [0.25, 0.3) is 0 Å². The Hall–Kier alpha value is 0.0169. The Balaban J connectivity index is 2.02. The molecule has 0 aromatic carbocycles. The molecule has 0 aliphatic carbocycles. The molecule has 3 aliphatic rings. The van der Waals surface area contributed by atoms with Crippen molar-refractivity contribution in [3.05, 3.63) is 0 Å². The minimum absolute atomic E-state index is 0.118. The van der Waals surface area contributed by atoms with Crippen LogP contribution in [0.15, 0.2) is 0 Å². The molecule has 5 nitrogen and oxygen atoms in total. The first-order chi connectivity index (χ1) is 11.0. The molecule has 4 unspecified atom stereocenters. The van der Waals surface area contributed by atoms with Crippen molar-refractivity contribution in [3.63, 3.8) is 0 Å². The van der Waals surface area contributed by atoms with Crippen LogP contribution in [0.1, 0.15) is 45.4 Å². The Bertz CT molecular complexity index is 404. The van der Waals surface area contributed by atoms with E-state index in [0.29, 0.717) is 6.61 Å². The zero-order chi connectivity index (χ0) is 16.6. The Morgan fingerprint density at radius 1 is 1.13 bits per heavy atom. The highest BCUT2D eigenvalue weighted by Gasteiger charge is 2.70. The molecule has 23 heavy (non-hydrogen) atoms. The van der Waals surface area contributed by atoms with Gasteiger partial charge in [-0.15, -0.1) is 0 Å². The average molecular weight is 345 g/mol. The van der Waals surface area contributed by atoms with Crippen LogP contribution in [0.5, 0.6) is 0 Å². The molecule has 3 heterocycles. The first-order valence-electron chi connectivity index (χ1n) is 9.11. The minimum atomic E-state index is -2.19. The van der Waals surface area contributed by atoms with Gasteiger partial charge in [-0.25, -0.2) is 0 Å². The Morgan fingerprint density at radius 2 is 1.96 bits per heavy atom. The van der Waals surface area contributed by atoms with Crippen LogP contribution in [0.3, 0.4) is 0 Å². The lowest BCUT2D eigenvalue weighted by Crippen LogP contribution is -2.73. The molecule has 6 heteroatoms. The largest absolute Gasteiger partial charge is 0.415 e. The molecule has 3 saturated heterocycles. The topological polar surface area (TPSA) is 46.2 Å². The van der Waals surface area contributed by atoms with Gasteiger partial charge in [0.2, 0.25) is 8.32 Å². The third-order valence-electron chi connectivity index (χ3n) is 5.99. The summed E-state index contributed by atoms with van der Waals surface area (Å²) in [4.78, 5) is 0. The molecule has 0 N–H and O–H groups in total. The van der Waals surface area contributed by atoms with Gasteiger partial charge in [-0.1, -0.05) is 0 Å². The fourth-order valence-corrected chi connectivity index (χ4v) is 8.50. The predicted octanol–water partition coefficient (Wildman–Crippen LogP) is 3.02. The molecule has 3 fully saturated rings. The normalized spacial score (nSPS) is 41.7. The summed E-state index contributed by atoms with van der Waals surface area (Å²) in [7, 11) is -0.464. The van der Waals surface area contributed by atoms with E-state index < -0.39 is 13.5 Å². The summed E-state index contributed by atoms with van der Waals surface area (Å²) >= 11 is 0. The van der Waals surface area contributed by atoms with E-state index >= 15 is 0 Å². The van der Waals surface area contributed by atoms with Crippen LogP contribution in [0, 0.1) is 0 Å². The molecule has 0 radical (unpaired) electrons. The van der Waals surface area contributed by atoms with Gasteiger partial charge in [-0.05, 0) is 52.1 Å². The van der Waals surface area contributed by atoms with Gasteiger partial charge in [-0.2, -0.15) is 0 Å². The van der Waals surface area contributed by atoms with Crippen LogP contribution in [-0.2, 0) is 23.4 Å². The van der Waals surface area contributed by atoms with Crippen molar-refractivity contribution in [2.45, 2.75) is 81.8 Å². The van der Waals surface area contributed by atoms with Gasteiger partial charge >= 0.3 is 0 Å². The van der Waals surface area contributed by atoms with Crippen molar-refractivity contribution in [2.75, 3.05) is 26.9 Å². The lowest BCUT2D eigenvalue weighted by atomic mass is 9.83. The maximum atomic E-state index is 6.62. The quantitative estimate of drug-likeness (QED) is 0.693. The van der Waals surface area contributed by atoms with Crippen molar-refractivity contribution in [3.8, 4) is 0 Å². The smallest absolute Gasteiger partial charge is 0.222 e. The van der Waals surface area contributed by atoms with Gasteiger partial charge in [0.1, 0.15) is 10.8 Å². The van der Waals surface area contributed by atoms with Crippen LogP contribution in [0.4, 0.5) is 0 Å². The summed E-state index contributed by atoms with van der Waals surface area (Å²) in [6.45, 7) is 8.94. The fourth-order valence-electron chi connectivity index (χ4n) is 5.01. The van der Waals surface area contributed by atoms with E-state index in [0.717, 1.165) is 51.7 Å². The van der Waals surface area contributed by atoms with Crippen LogP contribution in [0.2, 0.25) is 13.1 Å². The second-order valence-corrected chi connectivity index (χ2v) is 11.6. The molecule has 0 amide bonds. The van der Waals surface area contributed by atoms with Crippen molar-refractivity contribution >= 4 is 8.32 Å². The lowest BCUT2D eigenvalue weighted by Gasteiger charge is -2.54. The summed E-state index contributed by atoms with van der Waals surface area (Å²) < 4.78 is 31.1. The van der Waals surface area contributed by atoms with Crippen LogP contribution >= 0.6 is 0 Å². The molecule has 3 aliphatic heterocycles. The highest BCUT2D eigenvalue weighted by molar-refractivity contribution is 6.74. The van der Waals surface area contributed by atoms with Gasteiger partial charge in [-0.3, -0.25) is 0 Å². The van der Waals surface area contributed by atoms with Crippen molar-refractivity contribution < 1.29 is 23.4 Å². The number of methoxy groups -OCH3 is 1. The summed E-state index contributed by atoms with van der Waals surface area (Å²) in [5, 5.41) is -0.401. The van der Waals surface area contributed by atoms with Gasteiger partial charge < -0.3 is 23.4 Å². The molecule has 0 aromatic heterocycles. The average Bonchev–Trinajstić information content (AvgIpc) is 3.26. The number of hydrogen-bond donors (Lipinski definition) is 0. The molecule has 0 aromatic rings. The molecule has 0 bridgehead atoms. The van der Waals surface area contributed by atoms with Crippen molar-refractivity contribution in [1.29, 1.82) is 0 Å². The molecule has 3 rings (SSSR count). The van der Waals surface area contributed by atoms with Crippen LogP contribution < -0.4 is 0 Å². The van der Waals surface area contributed by atoms with E-state index in [1.165, 1.54) is 0 Å². The van der Waals surface area contributed by atoms with E-state index in [1.54, 1.807) is 7.11 Å². The Labute approximate surface area is 141 Å². The highest BCUT2D eigenvalue weighted by Crippen LogP contribution is 2.54. The summed E-state index contributed by atoms with van der Waals surface area (Å²) in [6.07, 6.45) is 6.02. The molecular formula is C17H32O5Si. The van der Waals surface area contributed by atoms with Gasteiger partial charge in [0.15, 0.2) is 6.29 Å². The minimum Gasteiger partial charge on any atom is -0.415 e. The monoisotopic (exact) mass is 344 g/mol. The third-order valence-corrected chi connectivity index (χ3v) is 9.74. The van der Waals surface area contributed by atoms with E-state index in [9.17, 15) is 0 Å². The SMILES string of the molecule is CCO[Si](C)(C)C1(C2(C3CCCO3)CCCO2)CCC(OC)O1. The number of ether oxygens (including phenoxy) is 4. The maximum absolute atomic E-state index is 6.62. The van der Waals surface area contributed by atoms with E-state index in [1.807, 2.05) is 0 Å². The zero-order valence-electron chi connectivity index (χ0n) is 15.1. The Morgan fingerprint density at radius 3 is 2.48 bits per heavy atom. The second-order valence-electron chi connectivity index (χ2n) is 7.44. The lowest BCUT2D eigenvalue weighted by molar-refractivity contribution is -0.230. The second kappa shape index (κ2) is 6.73. The summed E-state index contributed by atoms with van der Waals surface area (Å²) in [5.41, 5.74) is -0.373. The van der Waals surface area contributed by atoms with Crippen LogP contribution in [0.25, 0.3) is 0 Å². The van der Waals surface area contributed by atoms with E-state index in [2.05, 4.69) is 20.0 Å². The van der Waals surface area contributed by atoms with Crippen molar-refractivity contribution in [2.24, 2.45) is 0 Å². The van der Waals surface area contributed by atoms with Gasteiger partial charge in [0, 0.05) is 33.4 Å². The van der Waals surface area contributed by atoms with E-state index in [-0.39, 0.29) is 18.0 Å². The Kier molecular flexibility index (Phi) is 5.22. The number of rotatable bonds is 6. The molecular weight excluding hydrogens is 312 g/mol. The predicted molar refractivity (Wildman–Crippen MR) is 89.8 cm³/mol. The molecule has 0 spiro atoms. The standard InChI is InChI=1S/C17H32O5Si/c1-5-21-23(3,4)17(11-9-15(18-2)22-17)16(10-7-13-20-16)14-8-6-12-19-14/h14-15H,5-13H2,1-4H3. The molecule has 4 atom stereocenters. The summed E-state index contributed by atoms with van der Waals surface area (Å²) in [5.74, 6) is 0. The van der Waals surface area contributed by atoms with Crippen molar-refractivity contribution in [1.82, 2.24) is 0 Å². The maximum Gasteiger partial charge on any atom is 0.222 e. The zero-order valence-corrected chi connectivity index (χ0v) is 16.1. The first kappa shape index (κ1) is 17.8. The fraction of sp³-hybridized carbons (Fsp3) is 1.00. The van der Waals surface area contributed by atoms with Gasteiger partial charge in [0.05, 0.1) is 6.10 Å². The highest BCUT2D eigenvalue weighted by atomic mass is 28.4. The van der Waals surface area contributed by atoms with Crippen LogP contribution in [-0.4, -0.2) is 58.5 Å². The third kappa shape index (κ3) is 2.71. The molecule has 0 saturated carbocycles. The van der Waals surface area contributed by atoms with E-state index in [4.69, 9.17) is 23.4 Å². The summed E-state index contributed by atoms with van der Waals surface area (Å²) in [6, 6.07) is 0.